The van der Waals surface area contributed by atoms with E-state index in [2.05, 4.69) is 0 Å². The van der Waals surface area contributed by atoms with Crippen molar-refractivity contribution in [3.05, 3.63) is 59.7 Å². The molecule has 5 heteroatoms. The molecule has 130 valence electrons. The lowest BCUT2D eigenvalue weighted by atomic mass is 10.0. The Bertz CT molecular complexity index is 772. The Labute approximate surface area is 147 Å². The molecule has 2 rings (SSSR count). The third-order valence-electron chi connectivity index (χ3n) is 4.04. The van der Waals surface area contributed by atoms with Crippen LogP contribution >= 0.6 is 0 Å². The fourth-order valence-electron chi connectivity index (χ4n) is 2.75. The lowest BCUT2D eigenvalue weighted by Crippen LogP contribution is -2.40. The second-order valence-electron chi connectivity index (χ2n) is 5.76. The first kappa shape index (κ1) is 18.4. The molecule has 0 aliphatic heterocycles. The van der Waals surface area contributed by atoms with Crippen molar-refractivity contribution < 1.29 is 14.4 Å². The molecule has 0 spiro atoms. The van der Waals surface area contributed by atoms with E-state index in [1.807, 2.05) is 38.1 Å². The summed E-state index contributed by atoms with van der Waals surface area (Å²) in [7, 11) is 0. The molecule has 5 nitrogen and oxygen atoms in total. The summed E-state index contributed by atoms with van der Waals surface area (Å²) in [5.74, 6) is -0.192. The van der Waals surface area contributed by atoms with E-state index in [0.29, 0.717) is 29.9 Å². The summed E-state index contributed by atoms with van der Waals surface area (Å²) in [4.78, 5) is 38.6. The molecule has 0 atom stereocenters. The third-order valence-corrected chi connectivity index (χ3v) is 4.04. The van der Waals surface area contributed by atoms with Gasteiger partial charge >= 0.3 is 0 Å². The molecule has 0 aromatic heterocycles. The van der Waals surface area contributed by atoms with Gasteiger partial charge in [0.2, 0.25) is 12.3 Å². The number of carbonyl (C=O) groups excluding carboxylic acids is 3. The van der Waals surface area contributed by atoms with E-state index in [0.717, 1.165) is 5.56 Å². The van der Waals surface area contributed by atoms with Crippen LogP contribution in [-0.4, -0.2) is 31.2 Å². The molecule has 2 aromatic rings. The minimum atomic E-state index is -0.187. The zero-order valence-corrected chi connectivity index (χ0v) is 14.7. The van der Waals surface area contributed by atoms with Crippen LogP contribution in [0.15, 0.2) is 48.5 Å². The molecule has 0 radical (unpaired) electrons. The van der Waals surface area contributed by atoms with Gasteiger partial charge in [-0.3, -0.25) is 14.4 Å². The highest BCUT2D eigenvalue weighted by Crippen LogP contribution is 2.21. The normalized spacial score (nSPS) is 10.2. The van der Waals surface area contributed by atoms with Crippen molar-refractivity contribution in [3.63, 3.8) is 0 Å². The number of benzene rings is 2. The fourth-order valence-corrected chi connectivity index (χ4v) is 2.75. The van der Waals surface area contributed by atoms with Crippen LogP contribution in [0.4, 0.5) is 11.4 Å². The number of aryl methyl sites for hydroxylation is 1. The highest BCUT2D eigenvalue weighted by molar-refractivity contribution is 6.00. The van der Waals surface area contributed by atoms with Gasteiger partial charge in [-0.05, 0) is 56.7 Å². The van der Waals surface area contributed by atoms with E-state index in [-0.39, 0.29) is 18.2 Å². The topological polar surface area (TPSA) is 57.7 Å². The number of likely N-dealkylation sites (N-methyl/N-ethyl adjacent to an activating group) is 1. The lowest BCUT2D eigenvalue weighted by molar-refractivity contribution is -0.118. The molecule has 0 saturated carbocycles. The van der Waals surface area contributed by atoms with Crippen LogP contribution in [0.2, 0.25) is 0 Å². The monoisotopic (exact) mass is 338 g/mol. The first-order valence-electron chi connectivity index (χ1n) is 8.16. The first-order chi connectivity index (χ1) is 12.0. The average Bonchev–Trinajstić information content (AvgIpc) is 2.60. The summed E-state index contributed by atoms with van der Waals surface area (Å²) in [6, 6.07) is 14.4. The minimum Gasteiger partial charge on any atom is -0.311 e. The van der Waals surface area contributed by atoms with Crippen molar-refractivity contribution in [2.75, 3.05) is 22.9 Å². The smallest absolute Gasteiger partial charge is 0.247 e. The number of amides is 2. The molecule has 0 heterocycles. The maximum atomic E-state index is 12.7. The molecular weight excluding hydrogens is 316 g/mol. The molecule has 0 aliphatic rings. The highest BCUT2D eigenvalue weighted by Gasteiger charge is 2.19. The lowest BCUT2D eigenvalue weighted by Gasteiger charge is -2.25. The highest BCUT2D eigenvalue weighted by atomic mass is 16.2. The van der Waals surface area contributed by atoms with Gasteiger partial charge in [0.1, 0.15) is 6.54 Å². The Morgan fingerprint density at radius 3 is 2.24 bits per heavy atom. The van der Waals surface area contributed by atoms with Gasteiger partial charge in [0.15, 0.2) is 5.78 Å². The van der Waals surface area contributed by atoms with Crippen LogP contribution in [0.25, 0.3) is 0 Å². The molecule has 0 bridgehead atoms. The predicted molar refractivity (Wildman–Crippen MR) is 99.1 cm³/mol. The van der Waals surface area contributed by atoms with E-state index >= 15 is 0 Å². The Morgan fingerprint density at radius 1 is 1.04 bits per heavy atom. The van der Waals surface area contributed by atoms with E-state index in [1.54, 1.807) is 29.2 Å². The number of Topliss-reactive ketones (excluding diaryl/α,β-unsaturated/α-hetero) is 1. The molecule has 25 heavy (non-hydrogen) atoms. The van der Waals surface area contributed by atoms with E-state index < -0.39 is 0 Å². The molecule has 0 aliphatic carbocycles. The zero-order valence-electron chi connectivity index (χ0n) is 14.7. The third kappa shape index (κ3) is 4.32. The number of nitrogens with zero attached hydrogens (tertiary/aromatic N) is 2. The van der Waals surface area contributed by atoms with Crippen molar-refractivity contribution in [2.45, 2.75) is 20.8 Å². The van der Waals surface area contributed by atoms with Gasteiger partial charge in [0, 0.05) is 23.5 Å². The summed E-state index contributed by atoms with van der Waals surface area (Å²) in [5.41, 5.74) is 2.86. The van der Waals surface area contributed by atoms with Crippen LogP contribution in [0.3, 0.4) is 0 Å². The van der Waals surface area contributed by atoms with Gasteiger partial charge in [0.25, 0.3) is 0 Å². The van der Waals surface area contributed by atoms with Crippen molar-refractivity contribution in [1.29, 1.82) is 0 Å². The van der Waals surface area contributed by atoms with Crippen LogP contribution in [-0.2, 0) is 9.59 Å². The number of para-hydroxylation sites is 1. The Kier molecular flexibility index (Phi) is 6.06. The van der Waals surface area contributed by atoms with Crippen LogP contribution in [0.1, 0.15) is 29.8 Å². The zero-order chi connectivity index (χ0) is 18.4. The van der Waals surface area contributed by atoms with Gasteiger partial charge < -0.3 is 9.80 Å². The van der Waals surface area contributed by atoms with Gasteiger partial charge in [-0.25, -0.2) is 0 Å². The SMILES string of the molecule is CCN(C(=O)CN(C=O)c1ccccc1)c1ccc(C(C)=O)c(C)c1. The number of ketones is 1. The Morgan fingerprint density at radius 2 is 1.72 bits per heavy atom. The van der Waals surface area contributed by atoms with Gasteiger partial charge in [-0.15, -0.1) is 0 Å². The molecular formula is C20H22N2O3. The minimum absolute atomic E-state index is 0.00497. The standard InChI is InChI=1S/C20H22N2O3/c1-4-22(18-10-11-19(16(3)24)15(2)12-18)20(25)13-21(14-23)17-8-6-5-7-9-17/h5-12,14H,4,13H2,1-3H3. The first-order valence-corrected chi connectivity index (χ1v) is 8.16. The molecule has 2 aromatic carbocycles. The second-order valence-corrected chi connectivity index (χ2v) is 5.76. The summed E-state index contributed by atoms with van der Waals surface area (Å²) < 4.78 is 0. The maximum absolute atomic E-state index is 12.7. The average molecular weight is 338 g/mol. The quantitative estimate of drug-likeness (QED) is 0.575. The molecule has 0 N–H and O–H groups in total. The van der Waals surface area contributed by atoms with Gasteiger partial charge in [0.05, 0.1) is 0 Å². The Balaban J connectivity index is 2.22. The molecule has 0 saturated heterocycles. The fraction of sp³-hybridized carbons (Fsp3) is 0.250. The van der Waals surface area contributed by atoms with Crippen LogP contribution in [0.5, 0.6) is 0 Å². The number of hydrogen-bond donors (Lipinski definition) is 0. The van der Waals surface area contributed by atoms with Crippen molar-refractivity contribution in [3.8, 4) is 0 Å². The largest absolute Gasteiger partial charge is 0.311 e. The van der Waals surface area contributed by atoms with E-state index in [9.17, 15) is 14.4 Å². The van der Waals surface area contributed by atoms with Crippen LogP contribution in [0, 0.1) is 6.92 Å². The molecule has 0 unspecified atom stereocenters. The van der Waals surface area contributed by atoms with Crippen LogP contribution < -0.4 is 9.80 Å². The van der Waals surface area contributed by atoms with E-state index in [1.165, 1.54) is 11.8 Å². The number of anilines is 2. The molecule has 0 fully saturated rings. The predicted octanol–water partition coefficient (Wildman–Crippen LogP) is 3.21. The van der Waals surface area contributed by atoms with Crippen molar-refractivity contribution >= 4 is 29.5 Å². The van der Waals surface area contributed by atoms with Crippen molar-refractivity contribution in [1.82, 2.24) is 0 Å². The Hall–Kier alpha value is -2.95. The molecule has 2 amide bonds. The second kappa shape index (κ2) is 8.24. The summed E-state index contributed by atoms with van der Waals surface area (Å²) in [5, 5.41) is 0. The van der Waals surface area contributed by atoms with Gasteiger partial charge in [-0.1, -0.05) is 18.2 Å². The summed E-state index contributed by atoms with van der Waals surface area (Å²) in [6.07, 6.45) is 0.658. The number of carbonyl (C=O) groups is 3. The summed E-state index contributed by atoms with van der Waals surface area (Å²) >= 11 is 0. The summed E-state index contributed by atoms with van der Waals surface area (Å²) in [6.45, 7) is 5.67. The van der Waals surface area contributed by atoms with Crippen molar-refractivity contribution in [2.24, 2.45) is 0 Å². The van der Waals surface area contributed by atoms with Gasteiger partial charge in [-0.2, -0.15) is 0 Å². The number of hydrogen-bond acceptors (Lipinski definition) is 3. The number of rotatable bonds is 7. The van der Waals surface area contributed by atoms with E-state index in [4.69, 9.17) is 0 Å². The maximum Gasteiger partial charge on any atom is 0.247 e.